The Morgan fingerprint density at radius 1 is 1.39 bits per heavy atom. The maximum absolute atomic E-state index is 10.7. The Hall–Kier alpha value is -2.49. The highest BCUT2D eigenvalue weighted by molar-refractivity contribution is 5.75. The summed E-state index contributed by atoms with van der Waals surface area (Å²) in [5.41, 5.74) is 2.33. The molecule has 0 aliphatic rings. The first-order valence-corrected chi connectivity index (χ1v) is 5.49. The van der Waals surface area contributed by atoms with Crippen molar-refractivity contribution in [2.45, 2.75) is 6.42 Å². The molecule has 0 atom stereocenters. The molecular formula is C14H13NO3. The van der Waals surface area contributed by atoms with Crippen molar-refractivity contribution < 1.29 is 14.6 Å². The van der Waals surface area contributed by atoms with E-state index in [1.54, 1.807) is 12.3 Å². The number of allylic oxidation sites excluding steroid dienone is 1. The van der Waals surface area contributed by atoms with E-state index < -0.39 is 6.16 Å². The van der Waals surface area contributed by atoms with Crippen LogP contribution in [0.3, 0.4) is 0 Å². The molecule has 0 saturated heterocycles. The van der Waals surface area contributed by atoms with Crippen LogP contribution in [-0.2, 0) is 6.42 Å². The Morgan fingerprint density at radius 3 is 2.72 bits per heavy atom. The smallest absolute Gasteiger partial charge is 0.449 e. The molecule has 1 aromatic heterocycles. The van der Waals surface area contributed by atoms with Crippen molar-refractivity contribution in [1.82, 2.24) is 4.98 Å². The number of H-pyrrole nitrogens is 1. The average molecular weight is 243 g/mol. The van der Waals surface area contributed by atoms with E-state index in [4.69, 9.17) is 9.84 Å². The number of hydrogen-bond donors (Lipinski definition) is 2. The van der Waals surface area contributed by atoms with E-state index in [1.807, 2.05) is 30.3 Å². The summed E-state index contributed by atoms with van der Waals surface area (Å²) in [4.78, 5) is 13.8. The van der Waals surface area contributed by atoms with Crippen LogP contribution in [0.25, 0.3) is 11.1 Å². The number of benzene rings is 1. The molecule has 92 valence electrons. The van der Waals surface area contributed by atoms with Gasteiger partial charge < -0.3 is 14.8 Å². The first-order valence-electron chi connectivity index (χ1n) is 5.49. The fourth-order valence-corrected chi connectivity index (χ4v) is 1.78. The number of aromatic amines is 1. The molecule has 2 N–H and O–H groups in total. The molecule has 1 heterocycles. The Labute approximate surface area is 105 Å². The van der Waals surface area contributed by atoms with Gasteiger partial charge in [-0.15, -0.1) is 6.58 Å². The quantitative estimate of drug-likeness (QED) is 0.638. The third-order valence-electron chi connectivity index (χ3n) is 2.53. The Bertz CT molecular complexity index is 558. The third kappa shape index (κ3) is 2.43. The van der Waals surface area contributed by atoms with Crippen molar-refractivity contribution >= 4 is 6.16 Å². The fraction of sp³-hybridized carbons (Fsp3) is 0.0714. The molecule has 4 heteroatoms. The number of hydrogen-bond acceptors (Lipinski definition) is 2. The number of carbonyl (C=O) groups is 1. The molecule has 18 heavy (non-hydrogen) atoms. The van der Waals surface area contributed by atoms with Crippen molar-refractivity contribution in [2.75, 3.05) is 0 Å². The average Bonchev–Trinajstić information content (AvgIpc) is 2.73. The van der Waals surface area contributed by atoms with Crippen molar-refractivity contribution in [3.63, 3.8) is 0 Å². The minimum Gasteiger partial charge on any atom is -0.449 e. The van der Waals surface area contributed by atoms with Gasteiger partial charge in [-0.3, -0.25) is 0 Å². The van der Waals surface area contributed by atoms with E-state index in [0.717, 1.165) is 11.1 Å². The van der Waals surface area contributed by atoms with Crippen LogP contribution in [0.15, 0.2) is 49.2 Å². The summed E-state index contributed by atoms with van der Waals surface area (Å²) in [7, 11) is 0. The summed E-state index contributed by atoms with van der Waals surface area (Å²) < 4.78 is 4.86. The lowest BCUT2D eigenvalue weighted by Crippen LogP contribution is -2.05. The Balaban J connectivity index is 2.47. The van der Waals surface area contributed by atoms with E-state index in [1.165, 1.54) is 0 Å². The summed E-state index contributed by atoms with van der Waals surface area (Å²) in [6.45, 7) is 3.64. The van der Waals surface area contributed by atoms with Gasteiger partial charge in [0.1, 0.15) is 0 Å². The number of aromatic nitrogens is 1. The van der Waals surface area contributed by atoms with Gasteiger partial charge in [0.2, 0.25) is 0 Å². The topological polar surface area (TPSA) is 62.3 Å². The highest BCUT2D eigenvalue weighted by Crippen LogP contribution is 2.33. The lowest BCUT2D eigenvalue weighted by atomic mass is 10.1. The molecule has 0 saturated carbocycles. The standard InChI is InChI=1S/C14H13NO3/c1-2-6-12-13(18-14(16)17)11(9-15-12)10-7-4-3-5-8-10/h2-5,7-9,15H,1,6H2,(H,16,17). The molecule has 0 radical (unpaired) electrons. The van der Waals surface area contributed by atoms with Gasteiger partial charge >= 0.3 is 6.16 Å². The molecular weight excluding hydrogens is 230 g/mol. The molecule has 1 aromatic carbocycles. The molecule has 0 amide bonds. The maximum Gasteiger partial charge on any atom is 0.511 e. The monoisotopic (exact) mass is 243 g/mol. The molecule has 0 fully saturated rings. The summed E-state index contributed by atoms with van der Waals surface area (Å²) in [6, 6.07) is 9.48. The second-order valence-corrected chi connectivity index (χ2v) is 3.74. The van der Waals surface area contributed by atoms with Crippen LogP contribution < -0.4 is 4.74 Å². The van der Waals surface area contributed by atoms with Crippen LogP contribution >= 0.6 is 0 Å². The van der Waals surface area contributed by atoms with Crippen molar-refractivity contribution in [1.29, 1.82) is 0 Å². The Kier molecular flexibility index (Phi) is 3.48. The molecule has 0 unspecified atom stereocenters. The highest BCUT2D eigenvalue weighted by Gasteiger charge is 2.16. The van der Waals surface area contributed by atoms with E-state index in [2.05, 4.69) is 11.6 Å². The largest absolute Gasteiger partial charge is 0.511 e. The van der Waals surface area contributed by atoms with Crippen molar-refractivity contribution in [3.05, 3.63) is 54.9 Å². The van der Waals surface area contributed by atoms with Crippen LogP contribution in [-0.4, -0.2) is 16.2 Å². The van der Waals surface area contributed by atoms with E-state index in [-0.39, 0.29) is 0 Å². The first kappa shape index (κ1) is 12.0. The van der Waals surface area contributed by atoms with Crippen LogP contribution in [0, 0.1) is 0 Å². The third-order valence-corrected chi connectivity index (χ3v) is 2.53. The molecule has 2 aromatic rings. The summed E-state index contributed by atoms with van der Waals surface area (Å²) in [6.07, 6.45) is 2.63. The van der Waals surface area contributed by atoms with Crippen molar-refractivity contribution in [3.8, 4) is 16.9 Å². The maximum atomic E-state index is 10.7. The SMILES string of the molecule is C=CCc1[nH]cc(-c2ccccc2)c1OC(=O)O. The first-order chi connectivity index (χ1) is 8.72. The summed E-state index contributed by atoms with van der Waals surface area (Å²) >= 11 is 0. The van der Waals surface area contributed by atoms with Gasteiger partial charge in [-0.05, 0) is 5.56 Å². The van der Waals surface area contributed by atoms with Crippen LogP contribution in [0.5, 0.6) is 5.75 Å². The Morgan fingerprint density at radius 2 is 2.11 bits per heavy atom. The minimum absolute atomic E-state index is 0.341. The summed E-state index contributed by atoms with van der Waals surface area (Å²) in [5, 5.41) is 8.79. The van der Waals surface area contributed by atoms with Gasteiger partial charge in [0.25, 0.3) is 0 Å². The van der Waals surface area contributed by atoms with Crippen LogP contribution in [0.2, 0.25) is 0 Å². The number of carboxylic acid groups (broad SMARTS) is 1. The lowest BCUT2D eigenvalue weighted by molar-refractivity contribution is 0.144. The molecule has 4 nitrogen and oxygen atoms in total. The second kappa shape index (κ2) is 5.23. The minimum atomic E-state index is -1.32. The van der Waals surface area contributed by atoms with Crippen LogP contribution in [0.1, 0.15) is 5.69 Å². The van der Waals surface area contributed by atoms with Gasteiger partial charge in [0.05, 0.1) is 5.69 Å². The zero-order valence-electron chi connectivity index (χ0n) is 9.72. The lowest BCUT2D eigenvalue weighted by Gasteiger charge is -2.04. The van der Waals surface area contributed by atoms with Gasteiger partial charge in [0, 0.05) is 18.2 Å². The van der Waals surface area contributed by atoms with Gasteiger partial charge in [-0.1, -0.05) is 36.4 Å². The normalized spacial score (nSPS) is 10.0. The predicted molar refractivity (Wildman–Crippen MR) is 68.8 cm³/mol. The zero-order valence-corrected chi connectivity index (χ0v) is 9.72. The number of ether oxygens (including phenoxy) is 1. The van der Waals surface area contributed by atoms with E-state index in [9.17, 15) is 4.79 Å². The molecule has 2 rings (SSSR count). The fourth-order valence-electron chi connectivity index (χ4n) is 1.78. The zero-order chi connectivity index (χ0) is 13.0. The predicted octanol–water partition coefficient (Wildman–Crippen LogP) is 3.47. The highest BCUT2D eigenvalue weighted by atomic mass is 16.7. The molecule has 0 aliphatic heterocycles. The molecule has 0 aliphatic carbocycles. The summed E-state index contributed by atoms with van der Waals surface area (Å²) in [5.74, 6) is 0.341. The van der Waals surface area contributed by atoms with Crippen LogP contribution in [0.4, 0.5) is 4.79 Å². The second-order valence-electron chi connectivity index (χ2n) is 3.74. The van der Waals surface area contributed by atoms with Gasteiger partial charge in [-0.2, -0.15) is 0 Å². The molecule has 0 spiro atoms. The number of nitrogens with one attached hydrogen (secondary N) is 1. The van der Waals surface area contributed by atoms with Crippen molar-refractivity contribution in [2.24, 2.45) is 0 Å². The van der Waals surface area contributed by atoms with E-state index >= 15 is 0 Å². The van der Waals surface area contributed by atoms with E-state index in [0.29, 0.717) is 17.9 Å². The molecule has 0 bridgehead atoms. The van der Waals surface area contributed by atoms with Gasteiger partial charge in [-0.25, -0.2) is 4.79 Å². The van der Waals surface area contributed by atoms with Gasteiger partial charge in [0.15, 0.2) is 5.75 Å². The number of rotatable bonds is 4.